The number of rotatable bonds is 15. The predicted molar refractivity (Wildman–Crippen MR) is 187 cm³/mol. The molecule has 1 saturated heterocycles. The van der Waals surface area contributed by atoms with Gasteiger partial charge >= 0.3 is 26.8 Å². The molecular formula is C31H48BN6O10P2+. The Balaban J connectivity index is 1.58. The molecule has 2 aromatic rings. The van der Waals surface area contributed by atoms with Crippen LogP contribution in [0.5, 0.6) is 0 Å². The highest BCUT2D eigenvalue weighted by Gasteiger charge is 2.39. The number of hydrogen-bond donors (Lipinski definition) is 6. The number of carbonyl (C=O) groups is 3. The van der Waals surface area contributed by atoms with Crippen molar-refractivity contribution in [1.82, 2.24) is 30.8 Å². The van der Waals surface area contributed by atoms with Crippen LogP contribution in [0.25, 0.3) is 0 Å². The maximum Gasteiger partial charge on any atom is 0.540 e. The van der Waals surface area contributed by atoms with Crippen LogP contribution in [0.4, 0.5) is 4.79 Å². The standard InChI is InChI=1S/C31H47BN6O10P2/c1-23(2)20-27(36-28(39)25(21-24-10-4-3-5-11-24)35-29(40)26-22-33-12-13-34-26)32-47-17-8-6-14-38(15-7-9-18-48-32)16-19-46-30(41)37-31(49(42)43)50(44)45/h3-5,10-13,22-23,25,27,31,42-43H,6-9,14-21H2,1-2H3,(H3-,35,36,37,39,40,41,44,45)/p+1/t25-,27-,31?/m1/s1. The Morgan fingerprint density at radius 2 is 1.70 bits per heavy atom. The van der Waals surface area contributed by atoms with Crippen molar-refractivity contribution < 1.29 is 47.7 Å². The van der Waals surface area contributed by atoms with Crippen LogP contribution in [0.3, 0.4) is 0 Å². The number of nitrogens with one attached hydrogen (secondary N) is 3. The van der Waals surface area contributed by atoms with Gasteiger partial charge in [-0.15, -0.1) is 0 Å². The van der Waals surface area contributed by atoms with E-state index in [2.05, 4.69) is 39.3 Å². The van der Waals surface area contributed by atoms with E-state index in [1.807, 2.05) is 35.6 Å². The molecule has 274 valence electrons. The topological polar surface area (TPSA) is 222 Å². The molecule has 19 heteroatoms. The van der Waals surface area contributed by atoms with Crippen molar-refractivity contribution in [1.29, 1.82) is 0 Å². The highest BCUT2D eigenvalue weighted by molar-refractivity contribution is 7.61. The van der Waals surface area contributed by atoms with Gasteiger partial charge in [-0.2, -0.15) is 4.89 Å². The van der Waals surface area contributed by atoms with E-state index in [9.17, 15) is 28.7 Å². The van der Waals surface area contributed by atoms with E-state index in [1.54, 1.807) is 0 Å². The van der Waals surface area contributed by atoms with Crippen molar-refractivity contribution in [3.8, 4) is 0 Å². The first-order valence-electron chi connectivity index (χ1n) is 16.7. The zero-order valence-electron chi connectivity index (χ0n) is 28.4. The molecule has 2 heterocycles. The minimum Gasteiger partial charge on any atom is -0.448 e. The summed E-state index contributed by atoms with van der Waals surface area (Å²) >= 11 is 0. The average molecular weight is 738 g/mol. The first kappa shape index (κ1) is 41.3. The molecule has 1 fully saturated rings. The molecule has 0 radical (unpaired) electrons. The number of hydrogen-bond acceptors (Lipinski definition) is 12. The lowest BCUT2D eigenvalue weighted by Gasteiger charge is -2.29. The summed E-state index contributed by atoms with van der Waals surface area (Å²) in [7, 11) is -6.57. The number of alkyl carbamates (subject to hydrolysis) is 1. The normalized spacial score (nSPS) is 17.1. The Kier molecular flexibility index (Phi) is 18.7. The van der Waals surface area contributed by atoms with E-state index < -0.39 is 53.0 Å². The third kappa shape index (κ3) is 15.4. The molecule has 1 aromatic heterocycles. The number of carbonyl (C=O) groups excluding carboxylic acids is 3. The van der Waals surface area contributed by atoms with E-state index in [0.717, 1.165) is 18.4 Å². The predicted octanol–water partition coefficient (Wildman–Crippen LogP) is 2.33. The van der Waals surface area contributed by atoms with Gasteiger partial charge in [-0.05, 0) is 61.2 Å². The Labute approximate surface area is 295 Å². The molecule has 6 N–H and O–H groups in total. The third-order valence-electron chi connectivity index (χ3n) is 7.70. The molecule has 1 aliphatic heterocycles. The molecule has 0 bridgehead atoms. The number of amides is 3. The van der Waals surface area contributed by atoms with Gasteiger partial charge in [0.05, 0.1) is 12.1 Å². The van der Waals surface area contributed by atoms with Crippen molar-refractivity contribution >= 4 is 41.4 Å². The zero-order chi connectivity index (χ0) is 36.3. The maximum absolute atomic E-state index is 13.8. The summed E-state index contributed by atoms with van der Waals surface area (Å²) in [6, 6.07) is 8.54. The molecule has 0 saturated carbocycles. The first-order chi connectivity index (χ1) is 24.0. The Morgan fingerprint density at radius 3 is 2.28 bits per heavy atom. The summed E-state index contributed by atoms with van der Waals surface area (Å²) in [5.41, 5.74) is -0.696. The van der Waals surface area contributed by atoms with E-state index >= 15 is 0 Å². The van der Waals surface area contributed by atoms with Crippen molar-refractivity contribution in [3.05, 3.63) is 60.2 Å². The fourth-order valence-electron chi connectivity index (χ4n) is 5.24. The average Bonchev–Trinajstić information content (AvgIpc) is 3.08. The summed E-state index contributed by atoms with van der Waals surface area (Å²) in [5, 5.41) is 7.96. The molecule has 0 spiro atoms. The van der Waals surface area contributed by atoms with Crippen LogP contribution >= 0.6 is 16.4 Å². The number of ether oxygens (including phenoxy) is 1. The van der Waals surface area contributed by atoms with Crippen LogP contribution in [0.15, 0.2) is 48.9 Å². The summed E-state index contributed by atoms with van der Waals surface area (Å²) < 4.78 is 28.8. The highest BCUT2D eigenvalue weighted by Crippen LogP contribution is 2.42. The minimum atomic E-state index is -3.03. The largest absolute Gasteiger partial charge is 0.540 e. The first-order valence-corrected chi connectivity index (χ1v) is 19.3. The van der Waals surface area contributed by atoms with Crippen molar-refractivity contribution in [2.45, 2.75) is 69.9 Å². The van der Waals surface area contributed by atoms with Gasteiger partial charge in [0.1, 0.15) is 18.3 Å². The van der Waals surface area contributed by atoms with E-state index in [0.29, 0.717) is 52.1 Å². The fraction of sp³-hybridized carbons (Fsp3) is 0.581. The number of aromatic nitrogens is 2. The van der Waals surface area contributed by atoms with E-state index in [4.69, 9.17) is 18.9 Å². The lowest BCUT2D eigenvalue weighted by Crippen LogP contribution is -2.56. The van der Waals surface area contributed by atoms with Crippen LogP contribution in [0.2, 0.25) is 0 Å². The van der Waals surface area contributed by atoms with E-state index in [-0.39, 0.29) is 30.5 Å². The van der Waals surface area contributed by atoms with Crippen molar-refractivity contribution in [2.24, 2.45) is 5.92 Å². The molecule has 50 heavy (non-hydrogen) atoms. The number of benzene rings is 1. The second kappa shape index (κ2) is 22.6. The van der Waals surface area contributed by atoms with Gasteiger partial charge in [0.2, 0.25) is 14.3 Å². The maximum atomic E-state index is 13.8. The smallest absolute Gasteiger partial charge is 0.448 e. The SMILES string of the molecule is CC(C)C[C@@H](NC(=O)[C@@H](Cc1ccccc1)NC(=O)c1cnccn1)B1OCCCCN(CCOC(=O)NC(P(O)O)[P+](=O)O)CCCCO1. The highest BCUT2D eigenvalue weighted by atomic mass is 31.2. The van der Waals surface area contributed by atoms with E-state index in [1.165, 1.54) is 18.6 Å². The van der Waals surface area contributed by atoms with Gasteiger partial charge in [0.25, 0.3) is 5.91 Å². The molecule has 16 nitrogen and oxygen atoms in total. The van der Waals surface area contributed by atoms with Gasteiger partial charge in [-0.25, -0.2) is 9.78 Å². The minimum absolute atomic E-state index is 0.00563. The quantitative estimate of drug-likeness (QED) is 0.114. The van der Waals surface area contributed by atoms with Gasteiger partial charge in [-0.3, -0.25) is 24.8 Å². The molecule has 2 unspecified atom stereocenters. The summed E-state index contributed by atoms with van der Waals surface area (Å²) in [4.78, 5) is 76.6. The molecule has 3 rings (SSSR count). The lowest BCUT2D eigenvalue weighted by molar-refractivity contribution is -0.123. The van der Waals surface area contributed by atoms with Crippen LogP contribution < -0.4 is 16.0 Å². The summed E-state index contributed by atoms with van der Waals surface area (Å²) in [6.45, 7) is 6.71. The van der Waals surface area contributed by atoms with Crippen LogP contribution in [0.1, 0.15) is 62.0 Å². The van der Waals surface area contributed by atoms with Gasteiger partial charge in [-0.1, -0.05) is 44.2 Å². The second-order valence-corrected chi connectivity index (χ2v) is 14.9. The molecular weight excluding hydrogens is 689 g/mol. The van der Waals surface area contributed by atoms with Gasteiger partial charge in [0, 0.05) is 38.6 Å². The Hall–Kier alpha value is -3.14. The molecule has 1 aromatic carbocycles. The van der Waals surface area contributed by atoms with Crippen molar-refractivity contribution in [2.75, 3.05) is 39.5 Å². The molecule has 3 amide bonds. The van der Waals surface area contributed by atoms with Crippen molar-refractivity contribution in [3.63, 3.8) is 0 Å². The monoisotopic (exact) mass is 737 g/mol. The molecule has 1 aliphatic rings. The Morgan fingerprint density at radius 1 is 1.02 bits per heavy atom. The van der Waals surface area contributed by atoms with Crippen LogP contribution in [0, 0.1) is 5.92 Å². The molecule has 0 aliphatic carbocycles. The zero-order valence-corrected chi connectivity index (χ0v) is 30.2. The van der Waals surface area contributed by atoms with Gasteiger partial charge < -0.3 is 34.5 Å². The summed E-state index contributed by atoms with van der Waals surface area (Å²) in [6.07, 6.45) is 7.04. The van der Waals surface area contributed by atoms with Gasteiger partial charge in [0.15, 0.2) is 0 Å². The Bertz CT molecular complexity index is 1320. The third-order valence-corrected chi connectivity index (χ3v) is 10.0. The van der Waals surface area contributed by atoms with Crippen LogP contribution in [-0.2, 0) is 29.8 Å². The van der Waals surface area contributed by atoms with Crippen LogP contribution in [-0.4, -0.2) is 112 Å². The fourth-order valence-corrected chi connectivity index (χ4v) is 6.39. The lowest BCUT2D eigenvalue weighted by atomic mass is 9.73. The molecule has 4 atom stereocenters. The number of nitrogens with zero attached hydrogens (tertiary/aromatic N) is 3. The second-order valence-electron chi connectivity index (χ2n) is 12.2. The summed E-state index contributed by atoms with van der Waals surface area (Å²) in [5.74, 6) is -1.14.